The number of fused-ring (bicyclic) bond motifs is 2. The van der Waals surface area contributed by atoms with Crippen LogP contribution in [0.5, 0.6) is 17.2 Å². The van der Waals surface area contributed by atoms with Crippen molar-refractivity contribution in [2.24, 2.45) is 0 Å². The molecule has 0 N–H and O–H groups in total. The second-order valence-electron chi connectivity index (χ2n) is 11.3. The van der Waals surface area contributed by atoms with E-state index in [9.17, 15) is 0 Å². The monoisotopic (exact) mass is 526 g/mol. The van der Waals surface area contributed by atoms with Crippen molar-refractivity contribution in [3.63, 3.8) is 0 Å². The molecular weight excluding hydrogens is 476 g/mol. The number of ether oxygens (including phenoxy) is 2. The van der Waals surface area contributed by atoms with E-state index in [2.05, 4.69) is 67.6 Å². The maximum atomic E-state index is 6.18. The molecule has 0 aromatic heterocycles. The summed E-state index contributed by atoms with van der Waals surface area (Å²) in [5.41, 5.74) is 4.96. The van der Waals surface area contributed by atoms with Crippen molar-refractivity contribution in [3.05, 3.63) is 77.9 Å². The van der Waals surface area contributed by atoms with Gasteiger partial charge in [0.15, 0.2) is 0 Å². The summed E-state index contributed by atoms with van der Waals surface area (Å²) in [5.74, 6) is 2.90. The van der Waals surface area contributed by atoms with Gasteiger partial charge in [0.2, 0.25) is 0 Å². The molecule has 0 atom stereocenters. The Morgan fingerprint density at radius 2 is 1.13 bits per heavy atom. The number of para-hydroxylation sites is 1. The Hall–Kier alpha value is -2.74. The van der Waals surface area contributed by atoms with Gasteiger partial charge in [0.05, 0.1) is 6.61 Å². The van der Waals surface area contributed by atoms with Crippen LogP contribution in [0.4, 0.5) is 0 Å². The molecule has 1 aliphatic heterocycles. The van der Waals surface area contributed by atoms with Crippen molar-refractivity contribution in [2.75, 3.05) is 6.61 Å². The van der Waals surface area contributed by atoms with Crippen molar-refractivity contribution in [1.82, 2.24) is 0 Å². The number of unbranched alkanes of at least 4 members (excludes halogenated alkanes) is 15. The zero-order chi connectivity index (χ0) is 27.0. The summed E-state index contributed by atoms with van der Waals surface area (Å²) in [4.78, 5) is 0. The van der Waals surface area contributed by atoms with Crippen LogP contribution in [-0.2, 0) is 6.42 Å². The number of hydrogen-bond donors (Lipinski definition) is 0. The smallest absolute Gasteiger partial charge is 0.131 e. The summed E-state index contributed by atoms with van der Waals surface area (Å²) in [6.07, 6.45) is 23.2. The van der Waals surface area contributed by atoms with E-state index in [0.717, 1.165) is 36.7 Å². The van der Waals surface area contributed by atoms with Crippen molar-refractivity contribution < 1.29 is 9.47 Å². The molecule has 0 aliphatic carbocycles. The lowest BCUT2D eigenvalue weighted by molar-refractivity contribution is 0.304. The third-order valence-corrected chi connectivity index (χ3v) is 8.12. The molecule has 39 heavy (non-hydrogen) atoms. The lowest BCUT2D eigenvalue weighted by atomic mass is 9.92. The van der Waals surface area contributed by atoms with Crippen LogP contribution in [-0.4, -0.2) is 6.61 Å². The summed E-state index contributed by atoms with van der Waals surface area (Å²) < 4.78 is 12.2. The van der Waals surface area contributed by atoms with Crippen molar-refractivity contribution >= 4 is 0 Å². The number of hydrogen-bond acceptors (Lipinski definition) is 2. The Labute approximate surface area is 238 Å². The molecule has 210 valence electrons. The Morgan fingerprint density at radius 3 is 1.77 bits per heavy atom. The molecule has 0 saturated heterocycles. The van der Waals surface area contributed by atoms with Crippen molar-refractivity contribution in [1.29, 1.82) is 0 Å². The van der Waals surface area contributed by atoms with E-state index in [1.54, 1.807) is 0 Å². The highest BCUT2D eigenvalue weighted by Crippen LogP contribution is 2.41. The normalized spacial score (nSPS) is 12.0. The van der Waals surface area contributed by atoms with Crippen LogP contribution in [0.15, 0.2) is 66.7 Å². The van der Waals surface area contributed by atoms with Gasteiger partial charge >= 0.3 is 0 Å². The molecule has 0 spiro atoms. The van der Waals surface area contributed by atoms with Gasteiger partial charge in [-0.15, -0.1) is 0 Å². The Bertz CT molecular complexity index is 1080. The van der Waals surface area contributed by atoms with E-state index >= 15 is 0 Å². The molecule has 1 heterocycles. The van der Waals surface area contributed by atoms with E-state index in [4.69, 9.17) is 9.47 Å². The molecule has 0 amide bonds. The molecule has 2 heteroatoms. The summed E-state index contributed by atoms with van der Waals surface area (Å²) in [6, 6.07) is 23.3. The zero-order valence-corrected chi connectivity index (χ0v) is 24.4. The predicted octanol–water partition coefficient (Wildman–Crippen LogP) is 11.7. The molecule has 3 aromatic carbocycles. The summed E-state index contributed by atoms with van der Waals surface area (Å²) in [7, 11) is 0. The van der Waals surface area contributed by atoms with E-state index < -0.39 is 0 Å². The standard InChI is InChI=1S/C37H50O2/c1-2-3-4-5-6-7-8-9-10-11-12-13-14-15-16-19-29-38-33-27-25-31(26-28-33)34-22-20-24-37-35(34)30-32-21-17-18-23-36(32)39-37/h17-18,20-28H,2-16,19,29-30H2,1H3. The van der Waals surface area contributed by atoms with Gasteiger partial charge in [0, 0.05) is 12.0 Å². The van der Waals surface area contributed by atoms with Crippen molar-refractivity contribution in [2.45, 2.75) is 116 Å². The highest BCUT2D eigenvalue weighted by Gasteiger charge is 2.19. The molecule has 0 bridgehead atoms. The number of benzene rings is 3. The largest absolute Gasteiger partial charge is 0.494 e. The average Bonchev–Trinajstić information content (AvgIpc) is 2.97. The minimum atomic E-state index is 0.809. The predicted molar refractivity (Wildman–Crippen MR) is 166 cm³/mol. The van der Waals surface area contributed by atoms with Gasteiger partial charge in [-0.05, 0) is 47.4 Å². The molecule has 0 radical (unpaired) electrons. The first-order valence-corrected chi connectivity index (χ1v) is 16.0. The van der Waals surface area contributed by atoms with E-state index in [-0.39, 0.29) is 0 Å². The molecular formula is C37H50O2. The quantitative estimate of drug-likeness (QED) is 0.113. The maximum Gasteiger partial charge on any atom is 0.131 e. The van der Waals surface area contributed by atoms with Crippen LogP contribution < -0.4 is 9.47 Å². The fourth-order valence-corrected chi connectivity index (χ4v) is 5.74. The number of rotatable bonds is 19. The SMILES string of the molecule is CCCCCCCCCCCCCCCCCCOc1ccc(-c2cccc3c2Cc2ccccc2O3)cc1. The average molecular weight is 527 g/mol. The maximum absolute atomic E-state index is 6.18. The van der Waals surface area contributed by atoms with E-state index in [0.29, 0.717) is 0 Å². The summed E-state index contributed by atoms with van der Waals surface area (Å²) >= 11 is 0. The van der Waals surface area contributed by atoms with Crippen LogP contribution >= 0.6 is 0 Å². The fraction of sp³-hybridized carbons (Fsp3) is 0.514. The third-order valence-electron chi connectivity index (χ3n) is 8.12. The van der Waals surface area contributed by atoms with Crippen LogP contribution in [0.1, 0.15) is 121 Å². The molecule has 3 aromatic rings. The second kappa shape index (κ2) is 17.1. The summed E-state index contributed by atoms with van der Waals surface area (Å²) in [5, 5.41) is 0. The van der Waals surface area contributed by atoms with Gasteiger partial charge in [-0.25, -0.2) is 0 Å². The van der Waals surface area contributed by atoms with Gasteiger partial charge in [-0.3, -0.25) is 0 Å². The minimum absolute atomic E-state index is 0.809. The van der Waals surface area contributed by atoms with Gasteiger partial charge in [-0.2, -0.15) is 0 Å². The first kappa shape index (κ1) is 29.2. The molecule has 2 nitrogen and oxygen atoms in total. The lowest BCUT2D eigenvalue weighted by Crippen LogP contribution is -2.04. The highest BCUT2D eigenvalue weighted by atomic mass is 16.5. The van der Waals surface area contributed by atoms with Gasteiger partial charge in [-0.1, -0.05) is 146 Å². The van der Waals surface area contributed by atoms with Crippen LogP contribution in [0.25, 0.3) is 11.1 Å². The highest BCUT2D eigenvalue weighted by molar-refractivity contribution is 5.72. The van der Waals surface area contributed by atoms with Crippen molar-refractivity contribution in [3.8, 4) is 28.4 Å². The zero-order valence-electron chi connectivity index (χ0n) is 24.4. The van der Waals surface area contributed by atoms with Crippen LogP contribution in [0.2, 0.25) is 0 Å². The van der Waals surface area contributed by atoms with E-state index in [1.807, 2.05) is 6.07 Å². The van der Waals surface area contributed by atoms with Gasteiger partial charge in [0.25, 0.3) is 0 Å². The summed E-state index contributed by atoms with van der Waals surface area (Å²) in [6.45, 7) is 3.10. The molecule has 0 unspecified atom stereocenters. The first-order chi connectivity index (χ1) is 19.3. The molecule has 0 saturated carbocycles. The molecule has 1 aliphatic rings. The Kier molecular flexibility index (Phi) is 12.8. The topological polar surface area (TPSA) is 18.5 Å². The van der Waals surface area contributed by atoms with E-state index in [1.165, 1.54) is 119 Å². The fourth-order valence-electron chi connectivity index (χ4n) is 5.74. The second-order valence-corrected chi connectivity index (χ2v) is 11.3. The van der Waals surface area contributed by atoms with Gasteiger partial charge < -0.3 is 9.47 Å². The Morgan fingerprint density at radius 1 is 0.564 bits per heavy atom. The molecule has 4 rings (SSSR count). The lowest BCUT2D eigenvalue weighted by Gasteiger charge is -2.22. The Balaban J connectivity index is 1.04. The third kappa shape index (κ3) is 9.75. The molecule has 0 fully saturated rings. The van der Waals surface area contributed by atoms with Crippen LogP contribution in [0, 0.1) is 0 Å². The minimum Gasteiger partial charge on any atom is -0.494 e. The van der Waals surface area contributed by atoms with Gasteiger partial charge in [0.1, 0.15) is 17.2 Å². The first-order valence-electron chi connectivity index (χ1n) is 16.0. The van der Waals surface area contributed by atoms with Crippen LogP contribution in [0.3, 0.4) is 0 Å².